The molecule has 0 aliphatic carbocycles. The van der Waals surface area contributed by atoms with E-state index in [0.29, 0.717) is 33.3 Å². The number of anilines is 1. The van der Waals surface area contributed by atoms with Gasteiger partial charge in [0, 0.05) is 4.47 Å². The molecule has 0 heterocycles. The fourth-order valence-corrected chi connectivity index (χ4v) is 3.22. The molecule has 5 nitrogen and oxygen atoms in total. The highest BCUT2D eigenvalue weighted by Crippen LogP contribution is 2.31. The van der Waals surface area contributed by atoms with Crippen LogP contribution in [0.5, 0.6) is 11.5 Å². The van der Waals surface area contributed by atoms with Crippen LogP contribution in [0.3, 0.4) is 0 Å². The Kier molecular flexibility index (Phi) is 6.51. The highest BCUT2D eigenvalue weighted by Gasteiger charge is 2.10. The largest absolute Gasteiger partial charge is 0.456 e. The van der Waals surface area contributed by atoms with Crippen molar-refractivity contribution in [3.63, 3.8) is 0 Å². The molecule has 0 saturated carbocycles. The van der Waals surface area contributed by atoms with Crippen LogP contribution in [0, 0.1) is 22.7 Å². The van der Waals surface area contributed by atoms with E-state index in [1.807, 2.05) is 30.3 Å². The van der Waals surface area contributed by atoms with Crippen molar-refractivity contribution in [1.29, 1.82) is 10.5 Å². The van der Waals surface area contributed by atoms with Gasteiger partial charge in [-0.05, 0) is 64.0 Å². The van der Waals surface area contributed by atoms with Gasteiger partial charge in [0.2, 0.25) is 5.91 Å². The first-order chi connectivity index (χ1) is 14.0. The Morgan fingerprint density at radius 2 is 1.72 bits per heavy atom. The van der Waals surface area contributed by atoms with Crippen LogP contribution in [0.2, 0.25) is 5.02 Å². The first-order valence-electron chi connectivity index (χ1n) is 8.44. The van der Waals surface area contributed by atoms with Gasteiger partial charge in [0.05, 0.1) is 40.4 Å². The molecule has 0 unspecified atom stereocenters. The number of carbonyl (C=O) groups excluding carboxylic acids is 1. The summed E-state index contributed by atoms with van der Waals surface area (Å²) >= 11 is 9.69. The Morgan fingerprint density at radius 3 is 2.34 bits per heavy atom. The number of halogens is 2. The highest BCUT2D eigenvalue weighted by atomic mass is 79.9. The summed E-state index contributed by atoms with van der Waals surface area (Å²) in [5.41, 5.74) is 2.04. The third-order valence-corrected chi connectivity index (χ3v) is 4.89. The third kappa shape index (κ3) is 5.36. The zero-order valence-corrected chi connectivity index (χ0v) is 17.3. The molecule has 1 amide bonds. The number of amides is 1. The molecule has 0 spiro atoms. The summed E-state index contributed by atoms with van der Waals surface area (Å²) in [6.45, 7) is 0. The molecule has 0 saturated heterocycles. The Labute approximate surface area is 181 Å². The number of ether oxygens (including phenoxy) is 1. The molecule has 7 heteroatoms. The van der Waals surface area contributed by atoms with Gasteiger partial charge in [-0.2, -0.15) is 10.5 Å². The summed E-state index contributed by atoms with van der Waals surface area (Å²) in [4.78, 5) is 12.3. The number of nitrogens with one attached hydrogen (secondary N) is 1. The smallest absolute Gasteiger partial charge is 0.228 e. The lowest BCUT2D eigenvalue weighted by atomic mass is 10.1. The molecule has 3 rings (SSSR count). The Morgan fingerprint density at radius 1 is 1.03 bits per heavy atom. The van der Waals surface area contributed by atoms with E-state index >= 15 is 0 Å². The predicted molar refractivity (Wildman–Crippen MR) is 114 cm³/mol. The zero-order valence-electron chi connectivity index (χ0n) is 14.9. The molecule has 0 fully saturated rings. The molecule has 3 aromatic carbocycles. The molecule has 0 aliphatic rings. The van der Waals surface area contributed by atoms with E-state index in [1.54, 1.807) is 24.3 Å². The van der Waals surface area contributed by atoms with Gasteiger partial charge in [0.1, 0.15) is 11.5 Å². The summed E-state index contributed by atoms with van der Waals surface area (Å²) in [5.74, 6) is 0.518. The van der Waals surface area contributed by atoms with Gasteiger partial charge < -0.3 is 10.1 Å². The second kappa shape index (κ2) is 9.25. The second-order valence-corrected chi connectivity index (χ2v) is 7.30. The minimum atomic E-state index is -0.179. The average molecular weight is 467 g/mol. The van der Waals surface area contributed by atoms with Gasteiger partial charge in [-0.25, -0.2) is 0 Å². The Balaban J connectivity index is 1.72. The lowest BCUT2D eigenvalue weighted by Crippen LogP contribution is -2.14. The molecule has 1 N–H and O–H groups in total. The van der Waals surface area contributed by atoms with E-state index in [1.165, 1.54) is 18.2 Å². The minimum Gasteiger partial charge on any atom is -0.456 e. The summed E-state index contributed by atoms with van der Waals surface area (Å²) in [6.07, 6.45) is 0.143. The van der Waals surface area contributed by atoms with Crippen LogP contribution in [0.1, 0.15) is 16.7 Å². The quantitative estimate of drug-likeness (QED) is 0.513. The molecule has 3 aromatic rings. The van der Waals surface area contributed by atoms with E-state index in [4.69, 9.17) is 26.9 Å². The topological polar surface area (TPSA) is 85.9 Å². The van der Waals surface area contributed by atoms with Crippen molar-refractivity contribution in [2.75, 3.05) is 5.32 Å². The van der Waals surface area contributed by atoms with E-state index < -0.39 is 0 Å². The van der Waals surface area contributed by atoms with Crippen LogP contribution in [0.25, 0.3) is 0 Å². The van der Waals surface area contributed by atoms with Crippen molar-refractivity contribution < 1.29 is 9.53 Å². The maximum atomic E-state index is 12.3. The maximum absolute atomic E-state index is 12.3. The van der Waals surface area contributed by atoms with Gasteiger partial charge in [-0.3, -0.25) is 4.79 Å². The number of nitrogens with zero attached hydrogens (tertiary/aromatic N) is 2. The van der Waals surface area contributed by atoms with Crippen LogP contribution < -0.4 is 10.1 Å². The molecular weight excluding hydrogens is 454 g/mol. The van der Waals surface area contributed by atoms with Crippen LogP contribution in [0.4, 0.5) is 5.69 Å². The number of nitriles is 2. The molecular formula is C22H13BrClN3O2. The van der Waals surface area contributed by atoms with Gasteiger partial charge in [0.25, 0.3) is 0 Å². The first-order valence-corrected chi connectivity index (χ1v) is 9.61. The molecule has 0 aliphatic heterocycles. The van der Waals surface area contributed by atoms with Gasteiger partial charge in [0.15, 0.2) is 0 Å². The normalized spacial score (nSPS) is 9.93. The first kappa shape index (κ1) is 20.4. The number of benzene rings is 3. The predicted octanol–water partition coefficient (Wildman–Crippen LogP) is 5.82. The zero-order chi connectivity index (χ0) is 20.8. The number of rotatable bonds is 5. The highest BCUT2D eigenvalue weighted by molar-refractivity contribution is 9.10. The summed E-state index contributed by atoms with van der Waals surface area (Å²) in [7, 11) is 0. The molecule has 142 valence electrons. The van der Waals surface area contributed by atoms with Gasteiger partial charge in [-0.1, -0.05) is 29.8 Å². The number of carbonyl (C=O) groups is 1. The van der Waals surface area contributed by atoms with Crippen molar-refractivity contribution in [2.24, 2.45) is 0 Å². The molecule has 0 bridgehead atoms. The van der Waals surface area contributed by atoms with Gasteiger partial charge >= 0.3 is 0 Å². The Bertz CT molecular complexity index is 1130. The molecule has 0 atom stereocenters. The molecule has 0 radical (unpaired) electrons. The number of hydrogen-bond acceptors (Lipinski definition) is 4. The van der Waals surface area contributed by atoms with Crippen molar-refractivity contribution in [3.8, 4) is 23.6 Å². The maximum Gasteiger partial charge on any atom is 0.228 e. The van der Waals surface area contributed by atoms with E-state index in [0.717, 1.165) is 10.0 Å². The van der Waals surface area contributed by atoms with E-state index in [2.05, 4.69) is 21.2 Å². The third-order valence-electron chi connectivity index (χ3n) is 3.90. The SMILES string of the molecule is N#Cc1cc(C#N)cc(Oc2ccc(CC(=O)Nc3ccccc3Br)cc2Cl)c1. The van der Waals surface area contributed by atoms with Crippen molar-refractivity contribution >= 4 is 39.1 Å². The van der Waals surface area contributed by atoms with Crippen molar-refractivity contribution in [1.82, 2.24) is 0 Å². The number of hydrogen-bond donors (Lipinski definition) is 1. The fourth-order valence-electron chi connectivity index (χ4n) is 2.59. The van der Waals surface area contributed by atoms with Crippen LogP contribution >= 0.6 is 27.5 Å². The molecule has 29 heavy (non-hydrogen) atoms. The van der Waals surface area contributed by atoms with Crippen LogP contribution in [-0.4, -0.2) is 5.91 Å². The monoisotopic (exact) mass is 465 g/mol. The Hall–Kier alpha value is -3.32. The summed E-state index contributed by atoms with van der Waals surface area (Å²) in [5, 5.41) is 21.3. The average Bonchev–Trinajstić information content (AvgIpc) is 2.71. The lowest BCUT2D eigenvalue weighted by molar-refractivity contribution is -0.115. The fraction of sp³-hybridized carbons (Fsp3) is 0.0455. The van der Waals surface area contributed by atoms with Gasteiger partial charge in [-0.15, -0.1) is 0 Å². The second-order valence-electron chi connectivity index (χ2n) is 6.04. The number of para-hydroxylation sites is 1. The van der Waals surface area contributed by atoms with Crippen LogP contribution in [-0.2, 0) is 11.2 Å². The lowest BCUT2D eigenvalue weighted by Gasteiger charge is -2.11. The minimum absolute atomic E-state index is 0.143. The standard InChI is InChI=1S/C22H13BrClN3O2/c23-18-3-1-2-4-20(18)27-22(28)11-14-5-6-21(19(24)10-14)29-17-8-15(12-25)7-16(9-17)13-26/h1-10H,11H2,(H,27,28). The van der Waals surface area contributed by atoms with Crippen LogP contribution in [0.15, 0.2) is 65.1 Å². The van der Waals surface area contributed by atoms with Crippen molar-refractivity contribution in [2.45, 2.75) is 6.42 Å². The summed E-state index contributed by atoms with van der Waals surface area (Å²) in [6, 6.07) is 20.9. The van der Waals surface area contributed by atoms with E-state index in [-0.39, 0.29) is 12.3 Å². The summed E-state index contributed by atoms with van der Waals surface area (Å²) < 4.78 is 6.52. The van der Waals surface area contributed by atoms with E-state index in [9.17, 15) is 4.79 Å². The molecule has 0 aromatic heterocycles. The van der Waals surface area contributed by atoms with Crippen molar-refractivity contribution in [3.05, 3.63) is 86.8 Å².